The summed E-state index contributed by atoms with van der Waals surface area (Å²) in [5.74, 6) is 0. The molecule has 0 aromatic heterocycles. The molecule has 0 saturated carbocycles. The van der Waals surface area contributed by atoms with Crippen molar-refractivity contribution >= 4 is 23.7 Å². The summed E-state index contributed by atoms with van der Waals surface area (Å²) in [7, 11) is 0. The van der Waals surface area contributed by atoms with Crippen LogP contribution in [-0.2, 0) is 33.5 Å². The van der Waals surface area contributed by atoms with Crippen molar-refractivity contribution in [2.24, 2.45) is 0 Å². The van der Waals surface area contributed by atoms with Crippen molar-refractivity contribution in [1.82, 2.24) is 0 Å². The Balaban J connectivity index is 0. The van der Waals surface area contributed by atoms with Crippen LogP contribution in [0.1, 0.15) is 0 Å². The van der Waals surface area contributed by atoms with Gasteiger partial charge in [0.1, 0.15) is 0 Å². The quantitative estimate of drug-likeness (QED) is 0.491. The van der Waals surface area contributed by atoms with Crippen LogP contribution in [0.4, 0.5) is 0 Å². The molecule has 0 fully saturated rings. The number of hydrogen-bond donors (Lipinski definition) is 0. The van der Waals surface area contributed by atoms with Gasteiger partial charge in [-0.3, -0.25) is 0 Å². The SMILES string of the molecule is [Mn].[O-2].[O-2].[O-2].[Te]. The third kappa shape index (κ3) is 37.3. The Morgan fingerprint density at radius 1 is 0.600 bits per heavy atom. The summed E-state index contributed by atoms with van der Waals surface area (Å²) in [4.78, 5) is 0. The van der Waals surface area contributed by atoms with Gasteiger partial charge in [0, 0.05) is 40.7 Å². The van der Waals surface area contributed by atoms with Gasteiger partial charge in [0.15, 0.2) is 0 Å². The summed E-state index contributed by atoms with van der Waals surface area (Å²) in [6.07, 6.45) is 0. The molecule has 0 aromatic rings. The van der Waals surface area contributed by atoms with Crippen molar-refractivity contribution in [3.8, 4) is 0 Å². The molecule has 0 aromatic carbocycles. The van der Waals surface area contributed by atoms with E-state index in [1.54, 1.807) is 0 Å². The van der Waals surface area contributed by atoms with Gasteiger partial charge in [-0.15, -0.1) is 0 Å². The van der Waals surface area contributed by atoms with E-state index in [4.69, 9.17) is 0 Å². The zero-order valence-corrected chi connectivity index (χ0v) is 5.52. The van der Waals surface area contributed by atoms with Crippen LogP contribution < -0.4 is 0 Å². The normalized spacial score (nSPS) is 0. The second-order valence-electron chi connectivity index (χ2n) is 0. The molecule has 0 bridgehead atoms. The fourth-order valence-electron chi connectivity index (χ4n) is 0. The smallest absolute Gasteiger partial charge is 0 e. The van der Waals surface area contributed by atoms with Crippen LogP contribution in [-0.4, -0.2) is 23.7 Å². The molecule has 0 unspecified atom stereocenters. The minimum atomic E-state index is 0. The fourth-order valence-corrected chi connectivity index (χ4v) is 0. The van der Waals surface area contributed by atoms with Crippen LogP contribution in [0.3, 0.4) is 0 Å². The van der Waals surface area contributed by atoms with E-state index in [1.807, 2.05) is 0 Å². The second-order valence-corrected chi connectivity index (χ2v) is 0. The van der Waals surface area contributed by atoms with E-state index in [0.717, 1.165) is 0 Å². The van der Waals surface area contributed by atoms with E-state index in [9.17, 15) is 0 Å². The average Bonchev–Trinajstić information content (AvgIpc) is 0. The van der Waals surface area contributed by atoms with Gasteiger partial charge in [0.05, 0.1) is 0 Å². The second kappa shape index (κ2) is 64.4. The molecule has 0 aliphatic carbocycles. The predicted molar refractivity (Wildman–Crippen MR) is 7.81 cm³/mol. The molecular formula is MnO3Te-6. The van der Waals surface area contributed by atoms with Crippen molar-refractivity contribution in [3.63, 3.8) is 0 Å². The van der Waals surface area contributed by atoms with Crippen LogP contribution in [0.5, 0.6) is 0 Å². The van der Waals surface area contributed by atoms with Crippen molar-refractivity contribution in [1.29, 1.82) is 0 Å². The Hall–Kier alpha value is 1.19. The van der Waals surface area contributed by atoms with Crippen LogP contribution in [0.2, 0.25) is 0 Å². The molecule has 0 heterocycles. The average molecular weight is 231 g/mol. The Labute approximate surface area is 57.3 Å². The minimum Gasteiger partial charge on any atom is -2.00 e. The summed E-state index contributed by atoms with van der Waals surface area (Å²) in [5.41, 5.74) is 0. The van der Waals surface area contributed by atoms with E-state index in [0.29, 0.717) is 0 Å². The fraction of sp³-hybridized carbons (Fsp3) is 0. The van der Waals surface area contributed by atoms with Crippen molar-refractivity contribution < 1.29 is 33.5 Å². The van der Waals surface area contributed by atoms with Crippen LogP contribution >= 0.6 is 0 Å². The summed E-state index contributed by atoms with van der Waals surface area (Å²) in [6.45, 7) is 0. The Morgan fingerprint density at radius 2 is 0.600 bits per heavy atom. The molecule has 0 aliphatic rings. The largest absolute Gasteiger partial charge is 2.00 e. The molecule has 0 aliphatic heterocycles. The van der Waals surface area contributed by atoms with E-state index in [-0.39, 0.29) is 57.2 Å². The van der Waals surface area contributed by atoms with Crippen molar-refractivity contribution in [2.45, 2.75) is 0 Å². The monoisotopic (exact) mass is 233 g/mol. The molecular weight excluding hydrogens is 231 g/mol. The molecule has 0 N–H and O–H groups in total. The first kappa shape index (κ1) is 118. The molecule has 0 rings (SSSR count). The molecule has 37 valence electrons. The van der Waals surface area contributed by atoms with Gasteiger partial charge in [-0.2, -0.15) is 0 Å². The summed E-state index contributed by atoms with van der Waals surface area (Å²) < 4.78 is 0. The van der Waals surface area contributed by atoms with Gasteiger partial charge in [0.2, 0.25) is 0 Å². The van der Waals surface area contributed by atoms with E-state index >= 15 is 0 Å². The first-order chi connectivity index (χ1) is 0. The van der Waals surface area contributed by atoms with Gasteiger partial charge in [0.25, 0.3) is 0 Å². The zero-order chi connectivity index (χ0) is 0. The van der Waals surface area contributed by atoms with Crippen LogP contribution in [0, 0.1) is 0 Å². The predicted octanol–water partition coefficient (Wildman–Crippen LogP) is -0.740. The standard InChI is InChI=1S/Mn.3O.Te/q;3*-2;. The molecule has 0 atom stereocenters. The van der Waals surface area contributed by atoms with Gasteiger partial charge >= 0.3 is 0 Å². The maximum Gasteiger partial charge on any atom is 0 e. The van der Waals surface area contributed by atoms with Crippen LogP contribution in [0.25, 0.3) is 0 Å². The third-order valence-electron chi connectivity index (χ3n) is 0. The van der Waals surface area contributed by atoms with Crippen molar-refractivity contribution in [2.75, 3.05) is 0 Å². The molecule has 0 spiro atoms. The van der Waals surface area contributed by atoms with Gasteiger partial charge < -0.3 is 16.4 Å². The molecule has 0 saturated heterocycles. The molecule has 3 radical (unpaired) electrons. The topological polar surface area (TPSA) is 85.5 Å². The maximum atomic E-state index is 0. The molecule has 5 heavy (non-hydrogen) atoms. The van der Waals surface area contributed by atoms with Gasteiger partial charge in [-0.25, -0.2) is 0 Å². The minimum absolute atomic E-state index is 0. The summed E-state index contributed by atoms with van der Waals surface area (Å²) >= 11 is 0. The third-order valence-corrected chi connectivity index (χ3v) is 0. The zero-order valence-electron chi connectivity index (χ0n) is 2.01. The van der Waals surface area contributed by atoms with E-state index < -0.39 is 0 Å². The summed E-state index contributed by atoms with van der Waals surface area (Å²) in [5, 5.41) is 0. The number of rotatable bonds is 0. The molecule has 0 amide bonds. The number of hydrogen-bond acceptors (Lipinski definition) is 0. The van der Waals surface area contributed by atoms with Crippen molar-refractivity contribution in [3.05, 3.63) is 0 Å². The van der Waals surface area contributed by atoms with E-state index in [2.05, 4.69) is 0 Å². The van der Waals surface area contributed by atoms with Gasteiger partial charge in [-0.05, 0) is 0 Å². The summed E-state index contributed by atoms with van der Waals surface area (Å²) in [6, 6.07) is 0. The van der Waals surface area contributed by atoms with E-state index in [1.165, 1.54) is 0 Å². The van der Waals surface area contributed by atoms with Gasteiger partial charge in [-0.1, -0.05) is 0 Å². The first-order valence-corrected chi connectivity index (χ1v) is 0. The maximum absolute atomic E-state index is 0. The molecule has 3 nitrogen and oxygen atoms in total. The molecule has 5 heteroatoms. The first-order valence-electron chi connectivity index (χ1n) is 0. The van der Waals surface area contributed by atoms with Crippen LogP contribution in [0.15, 0.2) is 0 Å². The Morgan fingerprint density at radius 3 is 0.600 bits per heavy atom. The Bertz CT molecular complexity index is 6.85. The Kier molecular flexibility index (Phi) is 1520.